The second-order valence-corrected chi connectivity index (χ2v) is 7.99. The third-order valence-electron chi connectivity index (χ3n) is 4.41. The lowest BCUT2D eigenvalue weighted by atomic mass is 10.1. The lowest BCUT2D eigenvalue weighted by Crippen LogP contribution is -2.16. The molecular formula is C23H17FN2O2S. The van der Waals surface area contributed by atoms with Crippen molar-refractivity contribution in [2.75, 3.05) is 5.32 Å². The van der Waals surface area contributed by atoms with Crippen LogP contribution >= 0.6 is 0 Å². The molecule has 0 aliphatic carbocycles. The Kier molecular flexibility index (Phi) is 5.10. The number of fused-ring (bicyclic) bond motifs is 1. The van der Waals surface area contributed by atoms with Crippen LogP contribution in [0.5, 0.6) is 0 Å². The van der Waals surface area contributed by atoms with Crippen LogP contribution in [0.25, 0.3) is 10.8 Å². The van der Waals surface area contributed by atoms with Crippen LogP contribution in [0.4, 0.5) is 10.1 Å². The van der Waals surface area contributed by atoms with Gasteiger partial charge in [0, 0.05) is 16.6 Å². The standard InChI is InChI=1S/C23H17FN2O2S/c24-19-13-15-20(16-14-19)29(27,28)26-23(18-8-2-1-3-9-18)25-22-12-6-10-17-7-4-5-11-21(17)22/h1-16H,(H,25,26). The van der Waals surface area contributed by atoms with Gasteiger partial charge in [-0.15, -0.1) is 4.40 Å². The Bertz CT molecular complexity index is 1280. The molecule has 4 nitrogen and oxygen atoms in total. The number of rotatable bonds is 4. The molecule has 0 aliphatic heterocycles. The van der Waals surface area contributed by atoms with Crippen LogP contribution in [-0.4, -0.2) is 14.3 Å². The molecule has 0 unspecified atom stereocenters. The van der Waals surface area contributed by atoms with Gasteiger partial charge in [0.05, 0.1) is 4.90 Å². The molecule has 0 aliphatic rings. The van der Waals surface area contributed by atoms with E-state index in [9.17, 15) is 12.8 Å². The molecule has 1 N–H and O–H groups in total. The molecule has 0 amide bonds. The van der Waals surface area contributed by atoms with Gasteiger partial charge in [0.2, 0.25) is 0 Å². The third-order valence-corrected chi connectivity index (χ3v) is 5.70. The summed E-state index contributed by atoms with van der Waals surface area (Å²) in [5.41, 5.74) is 1.35. The zero-order valence-corrected chi connectivity index (χ0v) is 16.1. The minimum absolute atomic E-state index is 0.0768. The Morgan fingerprint density at radius 3 is 2.17 bits per heavy atom. The largest absolute Gasteiger partial charge is 0.339 e. The molecule has 0 fully saturated rings. The summed E-state index contributed by atoms with van der Waals surface area (Å²) >= 11 is 0. The second kappa shape index (κ2) is 7.85. The Morgan fingerprint density at radius 2 is 1.41 bits per heavy atom. The molecule has 4 rings (SSSR count). The summed E-state index contributed by atoms with van der Waals surface area (Å²) in [5.74, 6) is -0.323. The van der Waals surface area contributed by atoms with Crippen molar-refractivity contribution in [3.63, 3.8) is 0 Å². The normalized spacial score (nSPS) is 12.1. The van der Waals surface area contributed by atoms with Crippen molar-refractivity contribution in [3.8, 4) is 0 Å². The van der Waals surface area contributed by atoms with E-state index in [0.29, 0.717) is 5.56 Å². The number of hydrogen-bond donors (Lipinski definition) is 1. The Labute approximate surface area is 168 Å². The Hall–Kier alpha value is -3.51. The maximum absolute atomic E-state index is 13.2. The molecule has 0 bridgehead atoms. The molecule has 0 spiro atoms. The van der Waals surface area contributed by atoms with Crippen LogP contribution in [0, 0.1) is 5.82 Å². The number of halogens is 1. The van der Waals surface area contributed by atoms with E-state index in [4.69, 9.17) is 0 Å². The summed E-state index contributed by atoms with van der Waals surface area (Å²) in [5, 5.41) is 5.13. The smallest absolute Gasteiger partial charge is 0.284 e. The number of amidine groups is 1. The van der Waals surface area contributed by atoms with Gasteiger partial charge in [-0.2, -0.15) is 8.42 Å². The average Bonchev–Trinajstić information content (AvgIpc) is 2.74. The quantitative estimate of drug-likeness (QED) is 0.374. The summed E-state index contributed by atoms with van der Waals surface area (Å²) in [6.45, 7) is 0. The lowest BCUT2D eigenvalue weighted by Gasteiger charge is -2.13. The Morgan fingerprint density at radius 1 is 0.759 bits per heavy atom. The molecule has 0 heterocycles. The van der Waals surface area contributed by atoms with E-state index < -0.39 is 15.8 Å². The predicted molar refractivity (Wildman–Crippen MR) is 114 cm³/mol. The van der Waals surface area contributed by atoms with E-state index in [0.717, 1.165) is 28.6 Å². The fourth-order valence-corrected chi connectivity index (χ4v) is 3.96. The average molecular weight is 404 g/mol. The van der Waals surface area contributed by atoms with Gasteiger partial charge < -0.3 is 5.32 Å². The summed E-state index contributed by atoms with van der Waals surface area (Å²) in [6.07, 6.45) is 0. The summed E-state index contributed by atoms with van der Waals surface area (Å²) < 4.78 is 42.9. The van der Waals surface area contributed by atoms with E-state index in [1.807, 2.05) is 48.5 Å². The van der Waals surface area contributed by atoms with E-state index >= 15 is 0 Å². The van der Waals surface area contributed by atoms with Crippen LogP contribution < -0.4 is 5.32 Å². The van der Waals surface area contributed by atoms with Crippen molar-refractivity contribution in [2.45, 2.75) is 4.90 Å². The molecule has 0 atom stereocenters. The summed E-state index contributed by atoms with van der Waals surface area (Å²) in [7, 11) is -4.04. The molecule has 0 saturated carbocycles. The van der Waals surface area contributed by atoms with Crippen LogP contribution in [0.15, 0.2) is 106 Å². The third kappa shape index (κ3) is 4.17. The first-order valence-corrected chi connectivity index (χ1v) is 10.4. The number of hydrogen-bond acceptors (Lipinski definition) is 2. The number of nitrogens with one attached hydrogen (secondary N) is 1. The van der Waals surface area contributed by atoms with E-state index in [-0.39, 0.29) is 10.7 Å². The first kappa shape index (κ1) is 18.8. The predicted octanol–water partition coefficient (Wildman–Crippen LogP) is 5.23. The Balaban J connectivity index is 1.82. The number of nitrogens with zero attached hydrogens (tertiary/aromatic N) is 1. The van der Waals surface area contributed by atoms with Crippen LogP contribution in [0.3, 0.4) is 0 Å². The van der Waals surface area contributed by atoms with Gasteiger partial charge in [0.15, 0.2) is 5.84 Å². The topological polar surface area (TPSA) is 58.5 Å². The zero-order chi connectivity index (χ0) is 20.3. The monoisotopic (exact) mass is 404 g/mol. The van der Waals surface area contributed by atoms with E-state index in [2.05, 4.69) is 9.71 Å². The molecule has 0 radical (unpaired) electrons. The number of sulfonamides is 1. The van der Waals surface area contributed by atoms with Crippen molar-refractivity contribution in [1.29, 1.82) is 0 Å². The molecule has 29 heavy (non-hydrogen) atoms. The molecule has 0 saturated heterocycles. The first-order valence-electron chi connectivity index (χ1n) is 8.94. The molecule has 4 aromatic carbocycles. The molecule has 6 heteroatoms. The fourth-order valence-electron chi connectivity index (χ4n) is 2.99. The van der Waals surface area contributed by atoms with E-state index in [1.165, 1.54) is 12.1 Å². The highest BCUT2D eigenvalue weighted by Crippen LogP contribution is 2.24. The minimum atomic E-state index is -4.04. The van der Waals surface area contributed by atoms with Crippen molar-refractivity contribution in [1.82, 2.24) is 0 Å². The van der Waals surface area contributed by atoms with E-state index in [1.54, 1.807) is 24.3 Å². The number of benzene rings is 4. The van der Waals surface area contributed by atoms with Gasteiger partial charge >= 0.3 is 0 Å². The maximum Gasteiger partial charge on any atom is 0.284 e. The van der Waals surface area contributed by atoms with Gasteiger partial charge in [0.1, 0.15) is 5.82 Å². The van der Waals surface area contributed by atoms with Crippen LogP contribution in [-0.2, 0) is 10.0 Å². The molecule has 144 valence electrons. The molecule has 4 aromatic rings. The van der Waals surface area contributed by atoms with Crippen LogP contribution in [0.1, 0.15) is 5.56 Å². The second-order valence-electron chi connectivity index (χ2n) is 6.39. The zero-order valence-electron chi connectivity index (χ0n) is 15.3. The maximum atomic E-state index is 13.2. The molecular weight excluding hydrogens is 387 g/mol. The van der Waals surface area contributed by atoms with Crippen molar-refractivity contribution < 1.29 is 12.8 Å². The van der Waals surface area contributed by atoms with Crippen molar-refractivity contribution in [3.05, 3.63) is 108 Å². The highest BCUT2D eigenvalue weighted by molar-refractivity contribution is 7.90. The lowest BCUT2D eigenvalue weighted by molar-refractivity contribution is 0.596. The number of anilines is 1. The highest BCUT2D eigenvalue weighted by atomic mass is 32.2. The molecule has 0 aromatic heterocycles. The summed E-state index contributed by atoms with van der Waals surface area (Å²) in [6, 6.07) is 27.1. The van der Waals surface area contributed by atoms with Gasteiger partial charge in [-0.25, -0.2) is 4.39 Å². The summed E-state index contributed by atoms with van der Waals surface area (Å²) in [4.78, 5) is -0.0768. The van der Waals surface area contributed by atoms with Gasteiger partial charge in [-0.3, -0.25) is 0 Å². The van der Waals surface area contributed by atoms with Gasteiger partial charge in [-0.05, 0) is 35.7 Å². The van der Waals surface area contributed by atoms with Crippen LogP contribution in [0.2, 0.25) is 0 Å². The van der Waals surface area contributed by atoms with Crippen molar-refractivity contribution >= 4 is 32.3 Å². The van der Waals surface area contributed by atoms with Gasteiger partial charge in [-0.1, -0.05) is 66.7 Å². The fraction of sp³-hybridized carbons (Fsp3) is 0. The highest BCUT2D eigenvalue weighted by Gasteiger charge is 2.16. The first-order chi connectivity index (χ1) is 14.0. The van der Waals surface area contributed by atoms with Crippen molar-refractivity contribution in [2.24, 2.45) is 4.40 Å². The van der Waals surface area contributed by atoms with Gasteiger partial charge in [0.25, 0.3) is 10.0 Å². The SMILES string of the molecule is O=S(=O)(N=C(Nc1cccc2ccccc12)c1ccccc1)c1ccc(F)cc1. The minimum Gasteiger partial charge on any atom is -0.339 e.